The molecule has 0 unspecified atom stereocenters. The van der Waals surface area contributed by atoms with E-state index in [-0.39, 0.29) is 0 Å². The van der Waals surface area contributed by atoms with Crippen LogP contribution in [0.15, 0.2) is 48.2 Å². The first-order valence-corrected chi connectivity index (χ1v) is 9.96. The number of aromatic nitrogens is 3. The number of aryl methyl sites for hydroxylation is 1. The molecule has 1 aliphatic heterocycles. The fourth-order valence-corrected chi connectivity index (χ4v) is 4.04. The topological polar surface area (TPSA) is 43.2 Å². The molecule has 2 aliphatic rings. The van der Waals surface area contributed by atoms with Gasteiger partial charge in [-0.3, -0.25) is 0 Å². The summed E-state index contributed by atoms with van der Waals surface area (Å²) >= 11 is 0. The van der Waals surface area contributed by atoms with Gasteiger partial charge in [0.25, 0.3) is 0 Å². The molecule has 2 aromatic heterocycles. The van der Waals surface area contributed by atoms with E-state index in [0.29, 0.717) is 19.6 Å². The maximum absolute atomic E-state index is 13.3. The lowest BCUT2D eigenvalue weighted by atomic mass is 10.1. The third kappa shape index (κ3) is 3.44. The van der Waals surface area contributed by atoms with Crippen LogP contribution in [0.5, 0.6) is 0 Å². The lowest BCUT2D eigenvalue weighted by Gasteiger charge is -2.30. The summed E-state index contributed by atoms with van der Waals surface area (Å²) in [5.74, 6) is 0.750. The molecule has 6 heteroatoms. The van der Waals surface area contributed by atoms with Gasteiger partial charge in [-0.1, -0.05) is 23.8 Å². The molecule has 1 fully saturated rings. The fourth-order valence-electron chi connectivity index (χ4n) is 4.04. The van der Waals surface area contributed by atoms with Gasteiger partial charge in [0.05, 0.1) is 24.6 Å². The molecule has 0 spiro atoms. The number of pyridine rings is 1. The van der Waals surface area contributed by atoms with Gasteiger partial charge in [-0.15, -0.1) is 0 Å². The second kappa shape index (κ2) is 7.44. The number of halogens is 1. The molecule has 5 nitrogen and oxygen atoms in total. The number of anilines is 1. The van der Waals surface area contributed by atoms with Crippen molar-refractivity contribution in [2.45, 2.75) is 13.3 Å². The highest BCUT2D eigenvalue weighted by Gasteiger charge is 2.24. The van der Waals surface area contributed by atoms with Crippen LogP contribution in [-0.2, 0) is 11.2 Å². The van der Waals surface area contributed by atoms with Crippen LogP contribution in [0.1, 0.15) is 16.8 Å². The number of alkyl halides is 1. The van der Waals surface area contributed by atoms with E-state index in [1.54, 1.807) is 0 Å². The van der Waals surface area contributed by atoms with Gasteiger partial charge in [0.1, 0.15) is 6.67 Å². The van der Waals surface area contributed by atoms with Gasteiger partial charge >= 0.3 is 0 Å². The van der Waals surface area contributed by atoms with E-state index >= 15 is 0 Å². The molecule has 148 valence electrons. The van der Waals surface area contributed by atoms with Crippen molar-refractivity contribution in [3.8, 4) is 17.1 Å². The fraction of sp³-hybridized carbons (Fsp3) is 0.304. The predicted octanol–water partition coefficient (Wildman–Crippen LogP) is 3.99. The van der Waals surface area contributed by atoms with Crippen LogP contribution in [0.3, 0.4) is 0 Å². The van der Waals surface area contributed by atoms with Gasteiger partial charge in [0.2, 0.25) is 0 Å². The Balaban J connectivity index is 1.56. The molecule has 0 N–H and O–H groups in total. The zero-order valence-electron chi connectivity index (χ0n) is 16.4. The molecular formula is C23H23FN4O. The van der Waals surface area contributed by atoms with Crippen LogP contribution in [0, 0.1) is 6.92 Å². The van der Waals surface area contributed by atoms with Crippen molar-refractivity contribution < 1.29 is 9.13 Å². The van der Waals surface area contributed by atoms with Crippen molar-refractivity contribution in [2.24, 2.45) is 0 Å². The number of nitrogens with zero attached hydrogens (tertiary/aromatic N) is 4. The quantitative estimate of drug-likeness (QED) is 0.676. The van der Waals surface area contributed by atoms with Gasteiger partial charge in [0, 0.05) is 48.6 Å². The first-order valence-electron chi connectivity index (χ1n) is 9.96. The summed E-state index contributed by atoms with van der Waals surface area (Å²) in [5.41, 5.74) is 7.03. The molecule has 1 aliphatic carbocycles. The number of rotatable bonds is 4. The second-order valence-electron chi connectivity index (χ2n) is 7.59. The Labute approximate surface area is 169 Å². The van der Waals surface area contributed by atoms with E-state index in [9.17, 15) is 4.39 Å². The lowest BCUT2D eigenvalue weighted by molar-refractivity contribution is 0.122. The summed E-state index contributed by atoms with van der Waals surface area (Å²) in [7, 11) is 0. The van der Waals surface area contributed by atoms with Crippen molar-refractivity contribution in [2.75, 3.05) is 37.9 Å². The SMILES string of the molecule is Cc1cccc(-c2ccn(-c3cc(N4CCOCC4)c4c(n3)C=C(CF)C4)n2)c1. The minimum absolute atomic E-state index is 0.437. The number of morpholine rings is 1. The third-order valence-electron chi connectivity index (χ3n) is 5.52. The number of hydrogen-bond donors (Lipinski definition) is 0. The standard InChI is InChI=1S/C23H23FN4O/c1-16-3-2-4-18(11-16)20-5-6-28(26-20)23-14-22(27-7-9-29-10-8-27)19-12-17(15-24)13-21(19)25-23/h2-6,11,13-14H,7-10,12,15H2,1H3. The van der Waals surface area contributed by atoms with Gasteiger partial charge in [-0.05, 0) is 30.7 Å². The number of fused-ring (bicyclic) bond motifs is 1. The van der Waals surface area contributed by atoms with E-state index in [1.165, 1.54) is 5.56 Å². The van der Waals surface area contributed by atoms with Crippen LogP contribution in [0.2, 0.25) is 0 Å². The number of allylic oxidation sites excluding steroid dienone is 1. The van der Waals surface area contributed by atoms with E-state index in [0.717, 1.165) is 52.7 Å². The zero-order valence-corrected chi connectivity index (χ0v) is 16.4. The van der Waals surface area contributed by atoms with E-state index in [4.69, 9.17) is 14.8 Å². The minimum atomic E-state index is -0.437. The molecule has 5 rings (SSSR count). The summed E-state index contributed by atoms with van der Waals surface area (Å²) in [6.45, 7) is 4.70. The van der Waals surface area contributed by atoms with Gasteiger partial charge in [0.15, 0.2) is 5.82 Å². The first kappa shape index (κ1) is 18.1. The molecule has 3 aromatic rings. The lowest BCUT2D eigenvalue weighted by Crippen LogP contribution is -2.37. The van der Waals surface area contributed by atoms with Crippen LogP contribution in [0.4, 0.5) is 10.1 Å². The predicted molar refractivity (Wildman–Crippen MR) is 112 cm³/mol. The van der Waals surface area contributed by atoms with Gasteiger partial charge in [-0.25, -0.2) is 14.1 Å². The van der Waals surface area contributed by atoms with Crippen LogP contribution >= 0.6 is 0 Å². The highest BCUT2D eigenvalue weighted by atomic mass is 19.1. The third-order valence-corrected chi connectivity index (χ3v) is 5.52. The Kier molecular flexibility index (Phi) is 4.64. The Morgan fingerprint density at radius 1 is 1.14 bits per heavy atom. The molecule has 0 bridgehead atoms. The highest BCUT2D eigenvalue weighted by molar-refractivity contribution is 5.72. The maximum atomic E-state index is 13.3. The Morgan fingerprint density at radius 3 is 2.79 bits per heavy atom. The highest BCUT2D eigenvalue weighted by Crippen LogP contribution is 2.34. The summed E-state index contributed by atoms with van der Waals surface area (Å²) in [4.78, 5) is 7.11. The summed E-state index contributed by atoms with van der Waals surface area (Å²) in [6, 6.07) is 12.4. The zero-order chi connectivity index (χ0) is 19.8. The molecule has 0 saturated carbocycles. The van der Waals surface area contributed by atoms with Crippen LogP contribution in [-0.4, -0.2) is 47.7 Å². The summed E-state index contributed by atoms with van der Waals surface area (Å²) in [5, 5.41) is 4.76. The Bertz CT molecular complexity index is 1080. The van der Waals surface area contributed by atoms with Crippen molar-refractivity contribution in [3.05, 3.63) is 65.0 Å². The number of hydrogen-bond acceptors (Lipinski definition) is 4. The summed E-state index contributed by atoms with van der Waals surface area (Å²) in [6.07, 6.45) is 4.44. The summed E-state index contributed by atoms with van der Waals surface area (Å²) < 4.78 is 20.7. The molecule has 1 saturated heterocycles. The van der Waals surface area contributed by atoms with Gasteiger partial charge in [-0.2, -0.15) is 5.10 Å². The minimum Gasteiger partial charge on any atom is -0.378 e. The monoisotopic (exact) mass is 390 g/mol. The van der Waals surface area contributed by atoms with E-state index in [1.807, 2.05) is 29.1 Å². The largest absolute Gasteiger partial charge is 0.378 e. The van der Waals surface area contributed by atoms with Gasteiger partial charge < -0.3 is 9.64 Å². The van der Waals surface area contributed by atoms with E-state index in [2.05, 4.69) is 36.1 Å². The maximum Gasteiger partial charge on any atom is 0.156 e. The van der Waals surface area contributed by atoms with Crippen molar-refractivity contribution in [1.29, 1.82) is 0 Å². The Hall–Kier alpha value is -2.99. The normalized spacial score (nSPS) is 16.1. The smallest absolute Gasteiger partial charge is 0.156 e. The molecule has 29 heavy (non-hydrogen) atoms. The molecular weight excluding hydrogens is 367 g/mol. The Morgan fingerprint density at radius 2 is 2.00 bits per heavy atom. The average Bonchev–Trinajstić information content (AvgIpc) is 3.41. The molecule has 3 heterocycles. The van der Waals surface area contributed by atoms with Crippen molar-refractivity contribution >= 4 is 11.8 Å². The van der Waals surface area contributed by atoms with Crippen LogP contribution in [0.25, 0.3) is 23.2 Å². The average molecular weight is 390 g/mol. The van der Waals surface area contributed by atoms with Crippen molar-refractivity contribution in [1.82, 2.24) is 14.8 Å². The van der Waals surface area contributed by atoms with Crippen molar-refractivity contribution in [3.63, 3.8) is 0 Å². The van der Waals surface area contributed by atoms with Crippen LogP contribution < -0.4 is 4.90 Å². The molecule has 0 amide bonds. The second-order valence-corrected chi connectivity index (χ2v) is 7.59. The number of benzene rings is 1. The molecule has 0 radical (unpaired) electrons. The molecule has 1 aromatic carbocycles. The number of ether oxygens (including phenoxy) is 1. The molecule has 0 atom stereocenters. The van der Waals surface area contributed by atoms with E-state index < -0.39 is 6.67 Å². The first-order chi connectivity index (χ1) is 14.2.